The van der Waals surface area contributed by atoms with Crippen LogP contribution in [0.3, 0.4) is 0 Å². The highest BCUT2D eigenvalue weighted by molar-refractivity contribution is 7.99. The minimum Gasteiger partial charge on any atom is -0.362 e. The molecule has 0 unspecified atom stereocenters. The molecule has 2 aromatic carbocycles. The fourth-order valence-corrected chi connectivity index (χ4v) is 3.53. The van der Waals surface area contributed by atoms with E-state index in [1.807, 2.05) is 17.8 Å². The Balaban J connectivity index is 1.64. The van der Waals surface area contributed by atoms with Gasteiger partial charge in [-0.3, -0.25) is 4.90 Å². The molecule has 5 heteroatoms. The van der Waals surface area contributed by atoms with Crippen LogP contribution < -0.4 is 10.6 Å². The average molecular weight is 388 g/mol. The molecule has 2 aromatic rings. The largest absolute Gasteiger partial charge is 0.362 e. The van der Waals surface area contributed by atoms with Crippen molar-refractivity contribution >= 4 is 29.1 Å². The van der Waals surface area contributed by atoms with Crippen molar-refractivity contribution in [2.45, 2.75) is 31.8 Å². The first-order valence-electron chi connectivity index (χ1n) is 9.21. The normalized spacial score (nSPS) is 10.7. The molecule has 0 saturated carbocycles. The van der Waals surface area contributed by atoms with Crippen molar-refractivity contribution in [1.82, 2.24) is 15.5 Å². The Labute approximate surface area is 167 Å². The molecule has 0 bridgehead atoms. The van der Waals surface area contributed by atoms with E-state index in [4.69, 9.17) is 12.2 Å². The van der Waals surface area contributed by atoms with E-state index in [0.29, 0.717) is 5.11 Å². The molecule has 3 nitrogen and oxygen atoms in total. The van der Waals surface area contributed by atoms with E-state index >= 15 is 0 Å². The number of nitrogens with one attached hydrogen (secondary N) is 2. The van der Waals surface area contributed by atoms with Gasteiger partial charge in [0.2, 0.25) is 0 Å². The summed E-state index contributed by atoms with van der Waals surface area (Å²) in [6.07, 6.45) is 0. The Kier molecular flexibility index (Phi) is 9.53. The van der Waals surface area contributed by atoms with Gasteiger partial charge < -0.3 is 10.6 Å². The molecule has 26 heavy (non-hydrogen) atoms. The Morgan fingerprint density at radius 3 is 2.23 bits per heavy atom. The molecule has 0 atom stereocenters. The summed E-state index contributed by atoms with van der Waals surface area (Å²) in [6, 6.07) is 19.2. The topological polar surface area (TPSA) is 27.3 Å². The third kappa shape index (κ3) is 7.77. The van der Waals surface area contributed by atoms with Gasteiger partial charge in [-0.15, -0.1) is 11.8 Å². The summed E-state index contributed by atoms with van der Waals surface area (Å²) in [5.41, 5.74) is 2.60. The smallest absolute Gasteiger partial charge is 0.166 e. The zero-order valence-corrected chi connectivity index (χ0v) is 17.3. The monoisotopic (exact) mass is 387 g/mol. The van der Waals surface area contributed by atoms with Gasteiger partial charge in [0.05, 0.1) is 0 Å². The van der Waals surface area contributed by atoms with E-state index in [-0.39, 0.29) is 0 Å². The summed E-state index contributed by atoms with van der Waals surface area (Å²) < 4.78 is 0. The molecule has 0 amide bonds. The van der Waals surface area contributed by atoms with Crippen molar-refractivity contribution in [3.63, 3.8) is 0 Å². The molecule has 140 valence electrons. The van der Waals surface area contributed by atoms with E-state index in [1.54, 1.807) is 0 Å². The van der Waals surface area contributed by atoms with Crippen molar-refractivity contribution in [2.24, 2.45) is 0 Å². The fraction of sp³-hybridized carbons (Fsp3) is 0.381. The van der Waals surface area contributed by atoms with E-state index in [2.05, 4.69) is 77.9 Å². The summed E-state index contributed by atoms with van der Waals surface area (Å²) in [6.45, 7) is 9.20. The molecule has 0 aliphatic carbocycles. The molecule has 0 radical (unpaired) electrons. The van der Waals surface area contributed by atoms with Gasteiger partial charge in [-0.25, -0.2) is 0 Å². The van der Waals surface area contributed by atoms with E-state index in [0.717, 1.165) is 38.5 Å². The Morgan fingerprint density at radius 2 is 1.58 bits per heavy atom. The van der Waals surface area contributed by atoms with Crippen LogP contribution in [0.1, 0.15) is 25.0 Å². The standard InChI is InChI=1S/C21H29N3S2/c1-3-24(4-2)17-19-12-10-18(11-13-19)16-23-21(25)22-14-15-26-20-8-6-5-7-9-20/h5-13H,3-4,14-17H2,1-2H3,(H2,22,23,25). The predicted octanol–water partition coefficient (Wildman–Crippen LogP) is 4.28. The molecule has 2 rings (SSSR count). The van der Waals surface area contributed by atoms with Gasteiger partial charge >= 0.3 is 0 Å². The summed E-state index contributed by atoms with van der Waals surface area (Å²) in [5, 5.41) is 7.26. The maximum absolute atomic E-state index is 5.36. The zero-order valence-electron chi connectivity index (χ0n) is 15.7. The molecule has 0 spiro atoms. The summed E-state index contributed by atoms with van der Waals surface area (Å²) in [7, 11) is 0. The van der Waals surface area contributed by atoms with Gasteiger partial charge in [-0.05, 0) is 48.6 Å². The van der Waals surface area contributed by atoms with Crippen molar-refractivity contribution in [3.8, 4) is 0 Å². The highest BCUT2D eigenvalue weighted by Gasteiger charge is 2.02. The average Bonchev–Trinajstić information content (AvgIpc) is 2.69. The molecular weight excluding hydrogens is 358 g/mol. The van der Waals surface area contributed by atoms with Crippen molar-refractivity contribution in [2.75, 3.05) is 25.4 Å². The summed E-state index contributed by atoms with van der Waals surface area (Å²) in [5.74, 6) is 0.992. The quantitative estimate of drug-likeness (QED) is 0.360. The van der Waals surface area contributed by atoms with Crippen LogP contribution in [0, 0.1) is 0 Å². The first kappa shape index (κ1) is 20.7. The van der Waals surface area contributed by atoms with E-state index in [9.17, 15) is 0 Å². The van der Waals surface area contributed by atoms with Gasteiger partial charge in [-0.1, -0.05) is 56.3 Å². The lowest BCUT2D eigenvalue weighted by Gasteiger charge is -2.18. The number of rotatable bonds is 10. The Morgan fingerprint density at radius 1 is 0.923 bits per heavy atom. The highest BCUT2D eigenvalue weighted by atomic mass is 32.2. The summed E-state index contributed by atoms with van der Waals surface area (Å²) in [4.78, 5) is 3.71. The SMILES string of the molecule is CCN(CC)Cc1ccc(CNC(=S)NCCSc2ccccc2)cc1. The van der Waals surface area contributed by atoms with Crippen LogP contribution in [0.15, 0.2) is 59.5 Å². The van der Waals surface area contributed by atoms with Gasteiger partial charge in [0.15, 0.2) is 5.11 Å². The minimum absolute atomic E-state index is 0.714. The minimum atomic E-state index is 0.714. The number of thioether (sulfide) groups is 1. The van der Waals surface area contributed by atoms with Crippen LogP contribution >= 0.6 is 24.0 Å². The van der Waals surface area contributed by atoms with Crippen molar-refractivity contribution in [1.29, 1.82) is 0 Å². The third-order valence-electron chi connectivity index (χ3n) is 4.18. The van der Waals surface area contributed by atoms with E-state index < -0.39 is 0 Å². The van der Waals surface area contributed by atoms with E-state index in [1.165, 1.54) is 16.0 Å². The van der Waals surface area contributed by atoms with Crippen LogP contribution in [0.25, 0.3) is 0 Å². The third-order valence-corrected chi connectivity index (χ3v) is 5.48. The predicted molar refractivity (Wildman–Crippen MR) is 118 cm³/mol. The number of hydrogen-bond acceptors (Lipinski definition) is 3. The van der Waals surface area contributed by atoms with Crippen LogP contribution in [-0.2, 0) is 13.1 Å². The van der Waals surface area contributed by atoms with Gasteiger partial charge in [-0.2, -0.15) is 0 Å². The first-order valence-corrected chi connectivity index (χ1v) is 10.6. The molecule has 0 aliphatic rings. The number of hydrogen-bond donors (Lipinski definition) is 2. The molecule has 0 saturated heterocycles. The van der Waals surface area contributed by atoms with Crippen LogP contribution in [-0.4, -0.2) is 35.4 Å². The second-order valence-corrected chi connectivity index (χ2v) is 7.63. The lowest BCUT2D eigenvalue weighted by molar-refractivity contribution is 0.296. The number of nitrogens with zero attached hydrogens (tertiary/aromatic N) is 1. The van der Waals surface area contributed by atoms with Crippen molar-refractivity contribution in [3.05, 3.63) is 65.7 Å². The fourth-order valence-electron chi connectivity index (χ4n) is 2.56. The lowest BCUT2D eigenvalue weighted by Crippen LogP contribution is -2.36. The number of thiocarbonyl (C=S) groups is 1. The van der Waals surface area contributed by atoms with Crippen molar-refractivity contribution < 1.29 is 0 Å². The van der Waals surface area contributed by atoms with Gasteiger partial charge in [0.1, 0.15) is 0 Å². The molecule has 0 aliphatic heterocycles. The summed E-state index contributed by atoms with van der Waals surface area (Å²) >= 11 is 7.19. The molecule has 0 heterocycles. The van der Waals surface area contributed by atoms with Gasteiger partial charge in [0, 0.05) is 30.3 Å². The molecule has 0 fully saturated rings. The maximum atomic E-state index is 5.36. The zero-order chi connectivity index (χ0) is 18.6. The molecular formula is C21H29N3S2. The molecule has 0 aromatic heterocycles. The maximum Gasteiger partial charge on any atom is 0.166 e. The first-order chi connectivity index (χ1) is 12.7. The Bertz CT molecular complexity index is 640. The molecule has 2 N–H and O–H groups in total. The van der Waals surface area contributed by atoms with Crippen LogP contribution in [0.2, 0.25) is 0 Å². The highest BCUT2D eigenvalue weighted by Crippen LogP contribution is 2.15. The Hall–Kier alpha value is -1.56. The second kappa shape index (κ2) is 11.9. The lowest BCUT2D eigenvalue weighted by atomic mass is 10.1. The van der Waals surface area contributed by atoms with Crippen LogP contribution in [0.4, 0.5) is 0 Å². The van der Waals surface area contributed by atoms with Crippen LogP contribution in [0.5, 0.6) is 0 Å². The number of benzene rings is 2. The van der Waals surface area contributed by atoms with Gasteiger partial charge in [0.25, 0.3) is 0 Å². The second-order valence-electron chi connectivity index (χ2n) is 6.05.